The van der Waals surface area contributed by atoms with Crippen molar-refractivity contribution in [3.63, 3.8) is 0 Å². The zero-order chi connectivity index (χ0) is 29.3. The highest BCUT2D eigenvalue weighted by Gasteiger charge is 2.23. The van der Waals surface area contributed by atoms with Crippen LogP contribution in [0.4, 0.5) is 5.69 Å². The molecular weight excluding hydrogens is 514 g/mol. The molecule has 0 aliphatic carbocycles. The third-order valence-corrected chi connectivity index (χ3v) is 7.72. The summed E-state index contributed by atoms with van der Waals surface area (Å²) in [6.45, 7) is 18.8. The molecule has 0 bridgehead atoms. The molecule has 0 atom stereocenters. The molecule has 1 fully saturated rings. The highest BCUT2D eigenvalue weighted by molar-refractivity contribution is 5.95. The number of Topliss-reactive ketones (excluding diaryl/α,β-unsaturated/α-hetero) is 1. The Morgan fingerprint density at radius 3 is 2.44 bits per heavy atom. The normalized spacial score (nSPS) is 14.7. The third kappa shape index (κ3) is 6.22. The Bertz CT molecular complexity index is 1520. The molecule has 41 heavy (non-hydrogen) atoms. The van der Waals surface area contributed by atoms with Crippen LogP contribution in [-0.4, -0.2) is 77.6 Å². The van der Waals surface area contributed by atoms with E-state index in [-0.39, 0.29) is 17.7 Å². The molecule has 1 aliphatic rings. The number of nitrogens with zero attached hydrogens (tertiary/aromatic N) is 9. The maximum atomic E-state index is 13.2. The summed E-state index contributed by atoms with van der Waals surface area (Å²) in [7, 11) is 0. The molecule has 0 unspecified atom stereocenters. The summed E-state index contributed by atoms with van der Waals surface area (Å²) in [4.78, 5) is 27.2. The number of hydrogen-bond acceptors (Lipinski definition) is 8. The van der Waals surface area contributed by atoms with E-state index >= 15 is 0 Å². The van der Waals surface area contributed by atoms with Crippen LogP contribution < -0.4 is 4.90 Å². The minimum Gasteiger partial charge on any atom is -0.368 e. The molecule has 216 valence electrons. The van der Waals surface area contributed by atoms with E-state index in [4.69, 9.17) is 0 Å². The summed E-state index contributed by atoms with van der Waals surface area (Å²) < 4.78 is 3.68. The molecule has 0 N–H and O–H groups in total. The zero-order valence-corrected chi connectivity index (χ0v) is 25.3. The van der Waals surface area contributed by atoms with Gasteiger partial charge in [0.15, 0.2) is 5.78 Å². The van der Waals surface area contributed by atoms with Gasteiger partial charge in [0, 0.05) is 62.3 Å². The first kappa shape index (κ1) is 28.6. The van der Waals surface area contributed by atoms with E-state index in [1.165, 1.54) is 0 Å². The van der Waals surface area contributed by atoms with Crippen molar-refractivity contribution < 1.29 is 4.79 Å². The predicted molar refractivity (Wildman–Crippen MR) is 161 cm³/mol. The van der Waals surface area contributed by atoms with Gasteiger partial charge in [-0.15, -0.1) is 5.10 Å². The van der Waals surface area contributed by atoms with E-state index in [9.17, 15) is 4.79 Å². The van der Waals surface area contributed by atoms with E-state index in [0.717, 1.165) is 72.2 Å². The van der Waals surface area contributed by atoms with Gasteiger partial charge in [0.05, 0.1) is 35.0 Å². The van der Waals surface area contributed by atoms with Crippen molar-refractivity contribution in [2.75, 3.05) is 31.1 Å². The molecule has 0 radical (unpaired) electrons. The summed E-state index contributed by atoms with van der Waals surface area (Å²) >= 11 is 0. The van der Waals surface area contributed by atoms with Crippen molar-refractivity contribution >= 4 is 11.5 Å². The van der Waals surface area contributed by atoms with Crippen LogP contribution in [0.25, 0.3) is 16.9 Å². The second-order valence-electron chi connectivity index (χ2n) is 12.1. The van der Waals surface area contributed by atoms with Gasteiger partial charge >= 0.3 is 0 Å². The summed E-state index contributed by atoms with van der Waals surface area (Å²) in [5.41, 5.74) is 6.49. The van der Waals surface area contributed by atoms with Gasteiger partial charge in [-0.1, -0.05) is 12.1 Å². The number of aromatic nitrogens is 7. The largest absolute Gasteiger partial charge is 0.368 e. The smallest absolute Gasteiger partial charge is 0.187 e. The van der Waals surface area contributed by atoms with Crippen molar-refractivity contribution in [3.05, 3.63) is 65.6 Å². The number of anilines is 1. The molecule has 4 aromatic rings. The average molecular weight is 556 g/mol. The van der Waals surface area contributed by atoms with Crippen LogP contribution >= 0.6 is 0 Å². The van der Waals surface area contributed by atoms with E-state index in [0.29, 0.717) is 11.7 Å². The quantitative estimate of drug-likeness (QED) is 0.293. The first-order valence-electron chi connectivity index (χ1n) is 14.5. The average Bonchev–Trinajstić information content (AvgIpc) is 3.62. The summed E-state index contributed by atoms with van der Waals surface area (Å²) in [6, 6.07) is 6.57. The fourth-order valence-corrected chi connectivity index (χ4v) is 5.31. The van der Waals surface area contributed by atoms with Crippen molar-refractivity contribution in [2.24, 2.45) is 0 Å². The molecule has 10 heteroatoms. The van der Waals surface area contributed by atoms with Gasteiger partial charge in [-0.3, -0.25) is 24.3 Å². The fourth-order valence-electron chi connectivity index (χ4n) is 5.31. The van der Waals surface area contributed by atoms with Crippen molar-refractivity contribution in [1.29, 1.82) is 0 Å². The SMILES string of the molecule is CCc1cc(C(=O)Cc2cnc(C)c(-n3cc(-c4cncc(N5CCN(C(C)C)CC5)c4)nn3)c2)nn1C(C)(C)C. The van der Waals surface area contributed by atoms with E-state index in [2.05, 4.69) is 82.8 Å². The Labute approximate surface area is 242 Å². The second kappa shape index (κ2) is 11.5. The van der Waals surface area contributed by atoms with E-state index < -0.39 is 0 Å². The molecule has 0 spiro atoms. The van der Waals surface area contributed by atoms with Crippen LogP contribution in [0.3, 0.4) is 0 Å². The van der Waals surface area contributed by atoms with Crippen LogP contribution in [0.2, 0.25) is 0 Å². The zero-order valence-electron chi connectivity index (χ0n) is 25.3. The number of hydrogen-bond donors (Lipinski definition) is 0. The van der Waals surface area contributed by atoms with Gasteiger partial charge in [0.25, 0.3) is 0 Å². The Hall–Kier alpha value is -3.92. The Morgan fingerprint density at radius 2 is 1.78 bits per heavy atom. The lowest BCUT2D eigenvalue weighted by molar-refractivity contribution is 0.0986. The van der Waals surface area contributed by atoms with E-state index in [1.807, 2.05) is 42.3 Å². The number of carbonyl (C=O) groups is 1. The molecule has 1 aliphatic heterocycles. The monoisotopic (exact) mass is 555 g/mol. The minimum absolute atomic E-state index is 0.0318. The minimum atomic E-state index is -0.189. The van der Waals surface area contributed by atoms with Crippen LogP contribution in [-0.2, 0) is 18.4 Å². The molecule has 5 rings (SSSR count). The second-order valence-corrected chi connectivity index (χ2v) is 12.1. The molecule has 10 nitrogen and oxygen atoms in total. The lowest BCUT2D eigenvalue weighted by Crippen LogP contribution is -2.48. The van der Waals surface area contributed by atoms with Crippen molar-refractivity contribution in [3.8, 4) is 16.9 Å². The predicted octanol–water partition coefficient (Wildman–Crippen LogP) is 4.50. The number of pyridine rings is 2. The van der Waals surface area contributed by atoms with Crippen molar-refractivity contribution in [2.45, 2.75) is 72.9 Å². The first-order valence-corrected chi connectivity index (χ1v) is 14.5. The Morgan fingerprint density at radius 1 is 1.02 bits per heavy atom. The number of rotatable bonds is 8. The van der Waals surface area contributed by atoms with Gasteiger partial charge in [-0.05, 0) is 71.7 Å². The topological polar surface area (TPSA) is 97.9 Å². The number of ketones is 1. The van der Waals surface area contributed by atoms with E-state index in [1.54, 1.807) is 10.9 Å². The molecule has 0 amide bonds. The van der Waals surface area contributed by atoms with Gasteiger partial charge in [0.2, 0.25) is 0 Å². The van der Waals surface area contributed by atoms with Crippen LogP contribution in [0.15, 0.2) is 43.0 Å². The lowest BCUT2D eigenvalue weighted by Gasteiger charge is -2.38. The van der Waals surface area contributed by atoms with Crippen LogP contribution in [0.1, 0.15) is 69.0 Å². The number of piperazine rings is 1. The summed E-state index contributed by atoms with van der Waals surface area (Å²) in [5, 5.41) is 13.5. The highest BCUT2D eigenvalue weighted by Crippen LogP contribution is 2.25. The van der Waals surface area contributed by atoms with Gasteiger partial charge in [0.1, 0.15) is 11.4 Å². The van der Waals surface area contributed by atoms with Crippen LogP contribution in [0.5, 0.6) is 0 Å². The molecule has 5 heterocycles. The molecule has 1 saturated heterocycles. The maximum Gasteiger partial charge on any atom is 0.187 e. The maximum absolute atomic E-state index is 13.2. The Balaban J connectivity index is 1.33. The molecule has 0 aromatic carbocycles. The summed E-state index contributed by atoms with van der Waals surface area (Å²) in [5.74, 6) is -0.0318. The van der Waals surface area contributed by atoms with Gasteiger partial charge in [-0.2, -0.15) is 5.10 Å². The fraction of sp³-hybridized carbons (Fsp3) is 0.484. The standard InChI is InChI=1S/C31H41N9O/c1-8-25-16-27(35-40(25)31(5,6)7)30(41)14-23-13-29(22(4)33-17-23)39-20-28(34-36-39)24-15-26(19-32-18-24)38-11-9-37(10-12-38)21(2)3/h13,15-21H,8-12,14H2,1-7H3. The first-order chi connectivity index (χ1) is 19.5. The molecular formula is C31H41N9O. The molecule has 0 saturated carbocycles. The highest BCUT2D eigenvalue weighted by atomic mass is 16.1. The lowest BCUT2D eigenvalue weighted by atomic mass is 10.1. The Kier molecular flexibility index (Phi) is 8.04. The summed E-state index contributed by atoms with van der Waals surface area (Å²) in [6.07, 6.45) is 8.41. The van der Waals surface area contributed by atoms with Crippen molar-refractivity contribution in [1.82, 2.24) is 39.6 Å². The molecule has 4 aromatic heterocycles. The van der Waals surface area contributed by atoms with Gasteiger partial charge < -0.3 is 4.90 Å². The van der Waals surface area contributed by atoms with Crippen LogP contribution in [0, 0.1) is 6.92 Å². The van der Waals surface area contributed by atoms with Gasteiger partial charge in [-0.25, -0.2) is 4.68 Å². The third-order valence-electron chi connectivity index (χ3n) is 7.72. The number of carbonyl (C=O) groups excluding carboxylic acids is 1. The number of aryl methyl sites for hydroxylation is 2.